The second-order valence-corrected chi connectivity index (χ2v) is 7.97. The number of ether oxygens (including phenoxy) is 2. The van der Waals surface area contributed by atoms with Crippen LogP contribution in [0.1, 0.15) is 53.5 Å². The minimum atomic E-state index is -0.434. The van der Waals surface area contributed by atoms with E-state index in [1.807, 2.05) is 48.9 Å². The van der Waals surface area contributed by atoms with Crippen LogP contribution in [0.15, 0.2) is 48.5 Å². The lowest BCUT2D eigenvalue weighted by Crippen LogP contribution is -2.41. The van der Waals surface area contributed by atoms with Crippen LogP contribution in [0.25, 0.3) is 5.69 Å². The van der Waals surface area contributed by atoms with Gasteiger partial charge in [-0.3, -0.25) is 20.4 Å². The summed E-state index contributed by atoms with van der Waals surface area (Å²) in [5, 5.41) is 4.61. The number of unbranched alkanes of at least 4 members (excludes halogenated alkanes) is 1. The number of aromatic nitrogens is 2. The summed E-state index contributed by atoms with van der Waals surface area (Å²) in [5.74, 6) is 0.330. The Balaban J connectivity index is 1.54. The highest BCUT2D eigenvalue weighted by Crippen LogP contribution is 2.28. The Morgan fingerprint density at radius 3 is 2.50 bits per heavy atom. The molecule has 2 aromatic carbocycles. The minimum Gasteiger partial charge on any atom is -0.493 e. The maximum Gasteiger partial charge on any atom is 0.269 e. The number of hydrogen-bond donors (Lipinski definition) is 2. The SMILES string of the molecule is CCCCOc1ccc(C(=O)NNC(=O)CCc2c(C)nn(-c3ccccc3)c2C)cc1OC. The van der Waals surface area contributed by atoms with Gasteiger partial charge in [0.1, 0.15) is 0 Å². The molecule has 8 nitrogen and oxygen atoms in total. The van der Waals surface area contributed by atoms with Crippen LogP contribution < -0.4 is 20.3 Å². The molecule has 2 amide bonds. The number of hydrazine groups is 1. The van der Waals surface area contributed by atoms with E-state index in [4.69, 9.17) is 9.47 Å². The fraction of sp³-hybridized carbons (Fsp3) is 0.346. The van der Waals surface area contributed by atoms with Crippen molar-refractivity contribution >= 4 is 11.8 Å². The maximum atomic E-state index is 12.5. The van der Waals surface area contributed by atoms with E-state index in [1.165, 1.54) is 7.11 Å². The molecular formula is C26H32N4O4. The molecule has 0 unspecified atom stereocenters. The molecule has 8 heteroatoms. The number of nitrogens with one attached hydrogen (secondary N) is 2. The Bertz CT molecular complexity index is 1130. The van der Waals surface area contributed by atoms with E-state index in [9.17, 15) is 9.59 Å². The number of aryl methyl sites for hydroxylation is 1. The molecule has 180 valence electrons. The first-order chi connectivity index (χ1) is 16.4. The van der Waals surface area contributed by atoms with Gasteiger partial charge in [-0.05, 0) is 62.6 Å². The molecule has 3 rings (SSSR count). The van der Waals surface area contributed by atoms with Crippen LogP contribution in [-0.4, -0.2) is 35.3 Å². The fourth-order valence-electron chi connectivity index (χ4n) is 3.61. The average molecular weight is 465 g/mol. The maximum absolute atomic E-state index is 12.5. The van der Waals surface area contributed by atoms with Crippen LogP contribution >= 0.6 is 0 Å². The van der Waals surface area contributed by atoms with E-state index in [1.54, 1.807) is 18.2 Å². The largest absolute Gasteiger partial charge is 0.493 e. The predicted molar refractivity (Wildman–Crippen MR) is 130 cm³/mol. The molecule has 1 heterocycles. The Labute approximate surface area is 200 Å². The average Bonchev–Trinajstić information content (AvgIpc) is 3.14. The molecule has 0 aliphatic heterocycles. The highest BCUT2D eigenvalue weighted by Gasteiger charge is 2.15. The zero-order valence-corrected chi connectivity index (χ0v) is 20.2. The monoisotopic (exact) mass is 464 g/mol. The van der Waals surface area contributed by atoms with Gasteiger partial charge in [0.25, 0.3) is 5.91 Å². The lowest BCUT2D eigenvalue weighted by atomic mass is 10.1. The van der Waals surface area contributed by atoms with Crippen LogP contribution in [0.2, 0.25) is 0 Å². The number of nitrogens with zero attached hydrogens (tertiary/aromatic N) is 2. The van der Waals surface area contributed by atoms with Crippen molar-refractivity contribution in [1.29, 1.82) is 0 Å². The molecule has 3 aromatic rings. The van der Waals surface area contributed by atoms with Crippen molar-refractivity contribution in [2.75, 3.05) is 13.7 Å². The third-order valence-corrected chi connectivity index (χ3v) is 5.54. The molecular weight excluding hydrogens is 432 g/mol. The summed E-state index contributed by atoms with van der Waals surface area (Å²) in [6, 6.07) is 14.8. The molecule has 0 saturated carbocycles. The molecule has 0 atom stereocenters. The predicted octanol–water partition coefficient (Wildman–Crippen LogP) is 4.07. The van der Waals surface area contributed by atoms with Crippen LogP contribution in [-0.2, 0) is 11.2 Å². The number of carbonyl (C=O) groups is 2. The third-order valence-electron chi connectivity index (χ3n) is 5.54. The lowest BCUT2D eigenvalue weighted by Gasteiger charge is -2.12. The second kappa shape index (κ2) is 11.9. The summed E-state index contributed by atoms with van der Waals surface area (Å²) in [4.78, 5) is 24.9. The molecule has 0 fully saturated rings. The van der Waals surface area contributed by atoms with Gasteiger partial charge < -0.3 is 9.47 Å². The Morgan fingerprint density at radius 1 is 1.03 bits per heavy atom. The van der Waals surface area contributed by atoms with Gasteiger partial charge >= 0.3 is 0 Å². The first-order valence-corrected chi connectivity index (χ1v) is 11.4. The van der Waals surface area contributed by atoms with E-state index in [0.717, 1.165) is 35.5 Å². The topological polar surface area (TPSA) is 94.5 Å². The van der Waals surface area contributed by atoms with Gasteiger partial charge in [-0.2, -0.15) is 5.10 Å². The Hall–Kier alpha value is -3.81. The number of carbonyl (C=O) groups excluding carboxylic acids is 2. The minimum absolute atomic E-state index is 0.218. The zero-order valence-electron chi connectivity index (χ0n) is 20.2. The zero-order chi connectivity index (χ0) is 24.5. The van der Waals surface area contributed by atoms with E-state index in [0.29, 0.717) is 30.1 Å². The van der Waals surface area contributed by atoms with Crippen molar-refractivity contribution in [3.8, 4) is 17.2 Å². The summed E-state index contributed by atoms with van der Waals surface area (Å²) >= 11 is 0. The van der Waals surface area contributed by atoms with E-state index >= 15 is 0 Å². The van der Waals surface area contributed by atoms with Crippen molar-refractivity contribution in [2.45, 2.75) is 46.5 Å². The summed E-state index contributed by atoms with van der Waals surface area (Å²) in [6.07, 6.45) is 2.69. The molecule has 2 N–H and O–H groups in total. The van der Waals surface area contributed by atoms with Crippen LogP contribution in [0.4, 0.5) is 0 Å². The molecule has 0 spiro atoms. The normalized spacial score (nSPS) is 10.6. The van der Waals surface area contributed by atoms with Gasteiger partial charge in [-0.25, -0.2) is 4.68 Å². The molecule has 0 radical (unpaired) electrons. The van der Waals surface area contributed by atoms with Gasteiger partial charge in [0, 0.05) is 17.7 Å². The van der Waals surface area contributed by atoms with Gasteiger partial charge in [0.2, 0.25) is 5.91 Å². The van der Waals surface area contributed by atoms with Gasteiger partial charge in [0.15, 0.2) is 11.5 Å². The smallest absolute Gasteiger partial charge is 0.269 e. The quantitative estimate of drug-likeness (QED) is 0.348. The first kappa shape index (κ1) is 24.8. The number of rotatable bonds is 10. The lowest BCUT2D eigenvalue weighted by molar-refractivity contribution is -0.121. The number of benzene rings is 2. The fourth-order valence-corrected chi connectivity index (χ4v) is 3.61. The highest BCUT2D eigenvalue weighted by atomic mass is 16.5. The van der Waals surface area contributed by atoms with Gasteiger partial charge in [-0.1, -0.05) is 31.5 Å². The number of amides is 2. The van der Waals surface area contributed by atoms with E-state index in [2.05, 4.69) is 22.9 Å². The molecule has 0 aliphatic carbocycles. The molecule has 0 aliphatic rings. The highest BCUT2D eigenvalue weighted by molar-refractivity contribution is 5.96. The van der Waals surface area contributed by atoms with Crippen molar-refractivity contribution in [1.82, 2.24) is 20.6 Å². The van der Waals surface area contributed by atoms with Crippen LogP contribution in [0.3, 0.4) is 0 Å². The van der Waals surface area contributed by atoms with E-state index < -0.39 is 5.91 Å². The molecule has 34 heavy (non-hydrogen) atoms. The summed E-state index contributed by atoms with van der Waals surface area (Å²) in [5.41, 5.74) is 9.18. The van der Waals surface area contributed by atoms with Crippen LogP contribution in [0, 0.1) is 13.8 Å². The molecule has 1 aromatic heterocycles. The number of para-hydroxylation sites is 1. The standard InChI is InChI=1S/C26H32N4O4/c1-5-6-16-34-23-14-12-20(17-24(23)33-4)26(32)28-27-25(31)15-13-22-18(2)29-30(19(22)3)21-10-8-7-9-11-21/h7-12,14,17H,5-6,13,15-16H2,1-4H3,(H,27,31)(H,28,32). The molecule has 0 saturated heterocycles. The van der Waals surface area contributed by atoms with Gasteiger partial charge in [0.05, 0.1) is 25.1 Å². The van der Waals surface area contributed by atoms with Crippen molar-refractivity contribution < 1.29 is 19.1 Å². The first-order valence-electron chi connectivity index (χ1n) is 11.4. The van der Waals surface area contributed by atoms with E-state index in [-0.39, 0.29) is 12.3 Å². The van der Waals surface area contributed by atoms with Gasteiger partial charge in [-0.15, -0.1) is 0 Å². The summed E-state index contributed by atoms with van der Waals surface area (Å²) in [6.45, 7) is 6.59. The molecule has 0 bridgehead atoms. The number of methoxy groups -OCH3 is 1. The van der Waals surface area contributed by atoms with Crippen molar-refractivity contribution in [3.05, 3.63) is 71.0 Å². The Morgan fingerprint density at radius 2 is 1.79 bits per heavy atom. The van der Waals surface area contributed by atoms with Crippen LogP contribution in [0.5, 0.6) is 11.5 Å². The Kier molecular flexibility index (Phi) is 8.67. The van der Waals surface area contributed by atoms with Crippen molar-refractivity contribution in [3.63, 3.8) is 0 Å². The summed E-state index contributed by atoms with van der Waals surface area (Å²) < 4.78 is 12.9. The summed E-state index contributed by atoms with van der Waals surface area (Å²) in [7, 11) is 1.52. The number of hydrogen-bond acceptors (Lipinski definition) is 5. The third kappa shape index (κ3) is 6.15. The second-order valence-electron chi connectivity index (χ2n) is 7.97. The van der Waals surface area contributed by atoms with Crippen molar-refractivity contribution in [2.24, 2.45) is 0 Å².